The predicted molar refractivity (Wildman–Crippen MR) is 63.0 cm³/mol. The van der Waals surface area contributed by atoms with Crippen LogP contribution in [0.1, 0.15) is 24.8 Å². The molecule has 0 fully saturated rings. The maximum atomic E-state index is 4.31. The summed E-state index contributed by atoms with van der Waals surface area (Å²) in [4.78, 5) is 4.31. The van der Waals surface area contributed by atoms with E-state index >= 15 is 0 Å². The van der Waals surface area contributed by atoms with Crippen LogP contribution < -0.4 is 0 Å². The monoisotopic (exact) mass is 187 g/mol. The normalized spacial score (nSPS) is 11.4. The third-order valence-electron chi connectivity index (χ3n) is 2.20. The summed E-state index contributed by atoms with van der Waals surface area (Å²) in [5.74, 6) is 0. The van der Waals surface area contributed by atoms with Crippen molar-refractivity contribution in [2.45, 2.75) is 19.3 Å². The standard InChI is InChI=1S/C13H17N/c1-3-4-6-11-13(14-2)12-9-7-5-8-10-12/h3,5,7-10H,1,4,6,11H2,2H3. The van der Waals surface area contributed by atoms with Gasteiger partial charge in [0.05, 0.1) is 0 Å². The third kappa shape index (κ3) is 3.17. The molecule has 0 aromatic heterocycles. The van der Waals surface area contributed by atoms with Gasteiger partial charge in [0.2, 0.25) is 0 Å². The first-order chi connectivity index (χ1) is 6.88. The van der Waals surface area contributed by atoms with E-state index in [1.165, 1.54) is 11.3 Å². The molecule has 0 aliphatic rings. The lowest BCUT2D eigenvalue weighted by Crippen LogP contribution is -2.00. The van der Waals surface area contributed by atoms with Crippen LogP contribution in [0.3, 0.4) is 0 Å². The van der Waals surface area contributed by atoms with E-state index in [0.717, 1.165) is 19.3 Å². The Labute approximate surface area is 86.2 Å². The highest BCUT2D eigenvalue weighted by molar-refractivity contribution is 6.00. The van der Waals surface area contributed by atoms with Crippen molar-refractivity contribution < 1.29 is 0 Å². The van der Waals surface area contributed by atoms with Crippen LogP contribution in [0.15, 0.2) is 48.0 Å². The van der Waals surface area contributed by atoms with Crippen LogP contribution in [0.4, 0.5) is 0 Å². The van der Waals surface area contributed by atoms with Gasteiger partial charge in [0.25, 0.3) is 0 Å². The second kappa shape index (κ2) is 6.14. The third-order valence-corrected chi connectivity index (χ3v) is 2.20. The zero-order valence-electron chi connectivity index (χ0n) is 8.74. The number of hydrogen-bond acceptors (Lipinski definition) is 1. The number of benzene rings is 1. The molecule has 0 bridgehead atoms. The van der Waals surface area contributed by atoms with Gasteiger partial charge >= 0.3 is 0 Å². The molecule has 0 amide bonds. The molecule has 0 atom stereocenters. The van der Waals surface area contributed by atoms with Crippen molar-refractivity contribution in [3.8, 4) is 0 Å². The van der Waals surface area contributed by atoms with E-state index in [4.69, 9.17) is 0 Å². The van der Waals surface area contributed by atoms with Gasteiger partial charge in [-0.15, -0.1) is 6.58 Å². The van der Waals surface area contributed by atoms with E-state index in [1.54, 1.807) is 0 Å². The quantitative estimate of drug-likeness (QED) is 0.380. The molecule has 0 aliphatic heterocycles. The zero-order valence-corrected chi connectivity index (χ0v) is 8.74. The van der Waals surface area contributed by atoms with E-state index in [-0.39, 0.29) is 0 Å². The SMILES string of the molecule is C=CCCCC(=NC)c1ccccc1. The van der Waals surface area contributed by atoms with Gasteiger partial charge in [-0.2, -0.15) is 0 Å². The van der Waals surface area contributed by atoms with Crippen molar-refractivity contribution in [3.63, 3.8) is 0 Å². The number of nitrogens with zero attached hydrogens (tertiary/aromatic N) is 1. The Morgan fingerprint density at radius 3 is 2.64 bits per heavy atom. The summed E-state index contributed by atoms with van der Waals surface area (Å²) in [6, 6.07) is 10.3. The lowest BCUT2D eigenvalue weighted by molar-refractivity contribution is 0.893. The Hall–Kier alpha value is -1.37. The number of unbranched alkanes of at least 4 members (excludes halogenated alkanes) is 1. The van der Waals surface area contributed by atoms with Crippen LogP contribution in [0.25, 0.3) is 0 Å². The van der Waals surface area contributed by atoms with Gasteiger partial charge in [0.1, 0.15) is 0 Å². The van der Waals surface area contributed by atoms with E-state index in [1.807, 2.05) is 31.3 Å². The van der Waals surface area contributed by atoms with Gasteiger partial charge in [-0.25, -0.2) is 0 Å². The van der Waals surface area contributed by atoms with Gasteiger partial charge in [0, 0.05) is 12.8 Å². The van der Waals surface area contributed by atoms with Crippen molar-refractivity contribution in [1.29, 1.82) is 0 Å². The Morgan fingerprint density at radius 1 is 1.36 bits per heavy atom. The predicted octanol–water partition coefficient (Wildman–Crippen LogP) is 3.46. The molecule has 0 spiro atoms. The Balaban J connectivity index is 2.60. The minimum atomic E-state index is 1.03. The fourth-order valence-electron chi connectivity index (χ4n) is 1.43. The topological polar surface area (TPSA) is 12.4 Å². The molecule has 14 heavy (non-hydrogen) atoms. The van der Waals surface area contributed by atoms with Gasteiger partial charge in [-0.3, -0.25) is 4.99 Å². The number of hydrogen-bond donors (Lipinski definition) is 0. The second-order valence-corrected chi connectivity index (χ2v) is 3.22. The maximum absolute atomic E-state index is 4.31. The molecular weight excluding hydrogens is 170 g/mol. The minimum Gasteiger partial charge on any atom is -0.292 e. The first-order valence-corrected chi connectivity index (χ1v) is 5.00. The van der Waals surface area contributed by atoms with Gasteiger partial charge < -0.3 is 0 Å². The molecule has 0 heterocycles. The molecule has 0 saturated heterocycles. The van der Waals surface area contributed by atoms with Crippen LogP contribution in [0, 0.1) is 0 Å². The van der Waals surface area contributed by atoms with E-state index in [2.05, 4.69) is 23.7 Å². The lowest BCUT2D eigenvalue weighted by atomic mass is 10.0. The van der Waals surface area contributed by atoms with Crippen LogP contribution >= 0.6 is 0 Å². The van der Waals surface area contributed by atoms with Gasteiger partial charge in [-0.1, -0.05) is 36.4 Å². The van der Waals surface area contributed by atoms with E-state index in [0.29, 0.717) is 0 Å². The molecule has 1 rings (SSSR count). The number of allylic oxidation sites excluding steroid dienone is 1. The first kappa shape index (κ1) is 10.7. The average molecular weight is 187 g/mol. The van der Waals surface area contributed by atoms with Crippen LogP contribution in [0.5, 0.6) is 0 Å². The summed E-state index contributed by atoms with van der Waals surface area (Å²) in [7, 11) is 1.86. The fraction of sp³-hybridized carbons (Fsp3) is 0.308. The van der Waals surface area contributed by atoms with E-state index < -0.39 is 0 Å². The minimum absolute atomic E-state index is 1.03. The summed E-state index contributed by atoms with van der Waals surface area (Å²) < 4.78 is 0. The van der Waals surface area contributed by atoms with E-state index in [9.17, 15) is 0 Å². The second-order valence-electron chi connectivity index (χ2n) is 3.22. The molecule has 0 aliphatic carbocycles. The highest BCUT2D eigenvalue weighted by atomic mass is 14.7. The van der Waals surface area contributed by atoms with Crippen molar-refractivity contribution in [3.05, 3.63) is 48.6 Å². The molecule has 1 nitrogen and oxygen atoms in total. The molecule has 1 aromatic rings. The van der Waals surface area contributed by atoms with Crippen molar-refractivity contribution in [2.24, 2.45) is 4.99 Å². The fourth-order valence-corrected chi connectivity index (χ4v) is 1.43. The molecular formula is C13H17N. The first-order valence-electron chi connectivity index (χ1n) is 5.00. The highest BCUT2D eigenvalue weighted by Crippen LogP contribution is 2.07. The van der Waals surface area contributed by atoms with Gasteiger partial charge in [0.15, 0.2) is 0 Å². The largest absolute Gasteiger partial charge is 0.292 e. The molecule has 74 valence electrons. The van der Waals surface area contributed by atoms with Crippen molar-refractivity contribution in [1.82, 2.24) is 0 Å². The summed E-state index contributed by atoms with van der Waals surface area (Å²) in [6.07, 6.45) is 5.18. The Morgan fingerprint density at radius 2 is 2.07 bits per heavy atom. The lowest BCUT2D eigenvalue weighted by Gasteiger charge is -2.04. The average Bonchev–Trinajstić information content (AvgIpc) is 2.26. The molecule has 0 radical (unpaired) electrons. The molecule has 1 heteroatoms. The number of rotatable bonds is 5. The summed E-state index contributed by atoms with van der Waals surface area (Å²) in [5, 5.41) is 0. The summed E-state index contributed by atoms with van der Waals surface area (Å²) in [5.41, 5.74) is 2.42. The molecule has 1 aromatic carbocycles. The maximum Gasteiger partial charge on any atom is 0.0417 e. The van der Waals surface area contributed by atoms with Crippen LogP contribution in [0.2, 0.25) is 0 Å². The molecule has 0 saturated carbocycles. The zero-order chi connectivity index (χ0) is 10.2. The Bertz CT molecular complexity index is 298. The van der Waals surface area contributed by atoms with Gasteiger partial charge in [-0.05, 0) is 24.8 Å². The van der Waals surface area contributed by atoms with Crippen molar-refractivity contribution in [2.75, 3.05) is 7.05 Å². The molecule has 0 unspecified atom stereocenters. The number of aliphatic imine (C=N–C) groups is 1. The van der Waals surface area contributed by atoms with Crippen LogP contribution in [-0.2, 0) is 0 Å². The highest BCUT2D eigenvalue weighted by Gasteiger charge is 2.00. The summed E-state index contributed by atoms with van der Waals surface area (Å²) in [6.45, 7) is 3.72. The van der Waals surface area contributed by atoms with Crippen molar-refractivity contribution >= 4 is 5.71 Å². The molecule has 0 N–H and O–H groups in total. The van der Waals surface area contributed by atoms with Crippen LogP contribution in [-0.4, -0.2) is 12.8 Å². The Kier molecular flexibility index (Phi) is 4.70. The summed E-state index contributed by atoms with van der Waals surface area (Å²) >= 11 is 0. The smallest absolute Gasteiger partial charge is 0.0417 e.